The summed E-state index contributed by atoms with van der Waals surface area (Å²) in [6.07, 6.45) is 1.30. The van der Waals surface area contributed by atoms with Gasteiger partial charge in [0, 0.05) is 0 Å². The standard InChI is InChI=1S/C9H12O3/c1-2-8(10)9(11)6-7-4-3-5-12-7/h3-5,8,10H,2,6H2,1H3. The van der Waals surface area contributed by atoms with Crippen LogP contribution in [0.1, 0.15) is 19.1 Å². The van der Waals surface area contributed by atoms with E-state index >= 15 is 0 Å². The van der Waals surface area contributed by atoms with Crippen molar-refractivity contribution in [1.29, 1.82) is 0 Å². The van der Waals surface area contributed by atoms with Gasteiger partial charge in [0.05, 0.1) is 12.7 Å². The summed E-state index contributed by atoms with van der Waals surface area (Å²) in [4.78, 5) is 11.1. The van der Waals surface area contributed by atoms with Crippen LogP contribution in [0, 0.1) is 0 Å². The average Bonchev–Trinajstić information content (AvgIpc) is 2.55. The molecule has 0 aliphatic carbocycles. The molecule has 1 N–H and O–H groups in total. The van der Waals surface area contributed by atoms with Gasteiger partial charge in [0.25, 0.3) is 0 Å². The molecule has 0 aromatic carbocycles. The first-order valence-electron chi connectivity index (χ1n) is 3.97. The Morgan fingerprint density at radius 2 is 2.50 bits per heavy atom. The lowest BCUT2D eigenvalue weighted by atomic mass is 10.1. The summed E-state index contributed by atoms with van der Waals surface area (Å²) >= 11 is 0. The van der Waals surface area contributed by atoms with Gasteiger partial charge >= 0.3 is 0 Å². The molecule has 0 saturated heterocycles. The van der Waals surface area contributed by atoms with E-state index in [4.69, 9.17) is 9.52 Å². The van der Waals surface area contributed by atoms with Crippen molar-refractivity contribution in [1.82, 2.24) is 0 Å². The Morgan fingerprint density at radius 3 is 3.00 bits per heavy atom. The summed E-state index contributed by atoms with van der Waals surface area (Å²) in [5, 5.41) is 9.13. The van der Waals surface area contributed by atoms with Gasteiger partial charge in [-0.1, -0.05) is 6.92 Å². The van der Waals surface area contributed by atoms with E-state index in [0.717, 1.165) is 0 Å². The van der Waals surface area contributed by atoms with E-state index < -0.39 is 6.10 Å². The number of carbonyl (C=O) groups is 1. The Balaban J connectivity index is 2.47. The van der Waals surface area contributed by atoms with Crippen molar-refractivity contribution in [2.45, 2.75) is 25.9 Å². The quantitative estimate of drug-likeness (QED) is 0.734. The van der Waals surface area contributed by atoms with Crippen LogP contribution in [0.5, 0.6) is 0 Å². The van der Waals surface area contributed by atoms with E-state index in [1.165, 1.54) is 6.26 Å². The number of furan rings is 1. The van der Waals surface area contributed by atoms with E-state index in [1.807, 2.05) is 0 Å². The van der Waals surface area contributed by atoms with Crippen LogP contribution < -0.4 is 0 Å². The molecule has 0 spiro atoms. The molecule has 1 aromatic rings. The minimum Gasteiger partial charge on any atom is -0.469 e. The zero-order valence-electron chi connectivity index (χ0n) is 6.99. The number of Topliss-reactive ketones (excluding diaryl/α,β-unsaturated/α-hetero) is 1. The van der Waals surface area contributed by atoms with E-state index in [-0.39, 0.29) is 12.2 Å². The summed E-state index contributed by atoms with van der Waals surface area (Å²) in [7, 11) is 0. The van der Waals surface area contributed by atoms with Crippen molar-refractivity contribution >= 4 is 5.78 Å². The number of carbonyl (C=O) groups excluding carboxylic acids is 1. The first kappa shape index (κ1) is 9.00. The van der Waals surface area contributed by atoms with Crippen LogP contribution >= 0.6 is 0 Å². The van der Waals surface area contributed by atoms with Crippen LogP contribution in [0.15, 0.2) is 22.8 Å². The van der Waals surface area contributed by atoms with Crippen molar-refractivity contribution in [2.24, 2.45) is 0 Å². The van der Waals surface area contributed by atoms with E-state index in [0.29, 0.717) is 12.2 Å². The van der Waals surface area contributed by atoms with Gasteiger partial charge < -0.3 is 9.52 Å². The second-order valence-electron chi connectivity index (χ2n) is 2.65. The van der Waals surface area contributed by atoms with Gasteiger partial charge in [-0.3, -0.25) is 4.79 Å². The zero-order valence-corrected chi connectivity index (χ0v) is 6.99. The summed E-state index contributed by atoms with van der Waals surface area (Å²) in [6, 6.07) is 3.45. The molecule has 3 heteroatoms. The van der Waals surface area contributed by atoms with Crippen LogP contribution in [0.2, 0.25) is 0 Å². The first-order valence-corrected chi connectivity index (χ1v) is 3.97. The smallest absolute Gasteiger partial charge is 0.168 e. The molecular weight excluding hydrogens is 156 g/mol. The predicted molar refractivity (Wildman–Crippen MR) is 43.7 cm³/mol. The minimum atomic E-state index is -0.852. The lowest BCUT2D eigenvalue weighted by Crippen LogP contribution is -2.20. The Morgan fingerprint density at radius 1 is 1.75 bits per heavy atom. The third-order valence-corrected chi connectivity index (χ3v) is 1.69. The van der Waals surface area contributed by atoms with Crippen molar-refractivity contribution < 1.29 is 14.3 Å². The van der Waals surface area contributed by atoms with Crippen molar-refractivity contribution in [2.75, 3.05) is 0 Å². The average molecular weight is 168 g/mol. The van der Waals surface area contributed by atoms with Crippen LogP contribution in [0.25, 0.3) is 0 Å². The Kier molecular flexibility index (Phi) is 3.05. The highest BCUT2D eigenvalue weighted by Crippen LogP contribution is 2.04. The molecule has 0 bridgehead atoms. The van der Waals surface area contributed by atoms with E-state index in [9.17, 15) is 4.79 Å². The fourth-order valence-electron chi connectivity index (χ4n) is 0.930. The van der Waals surface area contributed by atoms with Gasteiger partial charge in [0.15, 0.2) is 5.78 Å². The summed E-state index contributed by atoms with van der Waals surface area (Å²) in [5.41, 5.74) is 0. The van der Waals surface area contributed by atoms with Crippen molar-refractivity contribution in [3.63, 3.8) is 0 Å². The molecule has 0 aliphatic rings. The predicted octanol–water partition coefficient (Wildman–Crippen LogP) is 1.16. The molecule has 66 valence electrons. The third kappa shape index (κ3) is 2.20. The van der Waals surface area contributed by atoms with Crippen LogP contribution in [-0.2, 0) is 11.2 Å². The van der Waals surface area contributed by atoms with E-state index in [2.05, 4.69) is 0 Å². The summed E-state index contributed by atoms with van der Waals surface area (Å²) in [5.74, 6) is 0.417. The monoisotopic (exact) mass is 168 g/mol. The second kappa shape index (κ2) is 4.07. The molecule has 1 aromatic heterocycles. The largest absolute Gasteiger partial charge is 0.469 e. The first-order chi connectivity index (χ1) is 5.74. The van der Waals surface area contributed by atoms with Crippen molar-refractivity contribution in [3.05, 3.63) is 24.2 Å². The van der Waals surface area contributed by atoms with Gasteiger partial charge in [0.1, 0.15) is 11.9 Å². The number of aliphatic hydroxyl groups excluding tert-OH is 1. The molecule has 0 radical (unpaired) electrons. The van der Waals surface area contributed by atoms with Crippen LogP contribution in [-0.4, -0.2) is 17.0 Å². The lowest BCUT2D eigenvalue weighted by Gasteiger charge is -2.03. The highest BCUT2D eigenvalue weighted by molar-refractivity contribution is 5.84. The fraction of sp³-hybridized carbons (Fsp3) is 0.444. The van der Waals surface area contributed by atoms with E-state index in [1.54, 1.807) is 19.1 Å². The third-order valence-electron chi connectivity index (χ3n) is 1.69. The summed E-state index contributed by atoms with van der Waals surface area (Å²) in [6.45, 7) is 1.77. The topological polar surface area (TPSA) is 50.4 Å². The molecule has 0 saturated carbocycles. The highest BCUT2D eigenvalue weighted by atomic mass is 16.3. The van der Waals surface area contributed by atoms with Gasteiger partial charge in [-0.05, 0) is 18.6 Å². The second-order valence-corrected chi connectivity index (χ2v) is 2.65. The zero-order chi connectivity index (χ0) is 8.97. The summed E-state index contributed by atoms with van der Waals surface area (Å²) < 4.78 is 4.97. The maximum atomic E-state index is 11.1. The SMILES string of the molecule is CCC(O)C(=O)Cc1ccco1. The van der Waals surface area contributed by atoms with Crippen LogP contribution in [0.4, 0.5) is 0 Å². The molecule has 1 unspecified atom stereocenters. The van der Waals surface area contributed by atoms with Gasteiger partial charge in [0.2, 0.25) is 0 Å². The normalized spacial score (nSPS) is 12.8. The number of rotatable bonds is 4. The van der Waals surface area contributed by atoms with Crippen LogP contribution in [0.3, 0.4) is 0 Å². The molecule has 3 nitrogen and oxygen atoms in total. The highest BCUT2D eigenvalue weighted by Gasteiger charge is 2.13. The minimum absolute atomic E-state index is 0.183. The molecule has 1 atom stereocenters. The number of hydrogen-bond acceptors (Lipinski definition) is 3. The lowest BCUT2D eigenvalue weighted by molar-refractivity contribution is -0.126. The Bertz CT molecular complexity index is 238. The molecule has 0 aliphatic heterocycles. The van der Waals surface area contributed by atoms with Gasteiger partial charge in [-0.15, -0.1) is 0 Å². The number of ketones is 1. The number of hydrogen-bond donors (Lipinski definition) is 1. The Labute approximate surface area is 71.0 Å². The maximum absolute atomic E-state index is 11.1. The molecule has 0 fully saturated rings. The molecule has 0 amide bonds. The molecular formula is C9H12O3. The van der Waals surface area contributed by atoms with Gasteiger partial charge in [-0.25, -0.2) is 0 Å². The number of aliphatic hydroxyl groups is 1. The molecule has 1 rings (SSSR count). The molecule has 1 heterocycles. The maximum Gasteiger partial charge on any atom is 0.168 e. The fourth-order valence-corrected chi connectivity index (χ4v) is 0.930. The van der Waals surface area contributed by atoms with Gasteiger partial charge in [-0.2, -0.15) is 0 Å². The van der Waals surface area contributed by atoms with Crippen molar-refractivity contribution in [3.8, 4) is 0 Å². The Hall–Kier alpha value is -1.09. The molecule has 12 heavy (non-hydrogen) atoms.